The molecular formula is C90H129N19O21S. The van der Waals surface area contributed by atoms with Crippen LogP contribution < -0.4 is 65.1 Å². The molecule has 2 aromatic heterocycles. The van der Waals surface area contributed by atoms with Crippen LogP contribution in [0.1, 0.15) is 155 Å². The number of H-pyrrole nitrogens is 1. The van der Waals surface area contributed by atoms with Gasteiger partial charge in [0.15, 0.2) is 0 Å². The Kier molecular flexibility index (Phi) is 39.1. The number of nitrogens with one attached hydrogen (secondary N) is 10. The van der Waals surface area contributed by atoms with Crippen LogP contribution in [0.25, 0.3) is 21.8 Å². The van der Waals surface area contributed by atoms with Crippen molar-refractivity contribution in [1.29, 1.82) is 0 Å². The average molecular weight is 1850 g/mol. The van der Waals surface area contributed by atoms with Gasteiger partial charge in [-0.1, -0.05) is 116 Å². The number of amides is 15. The number of fused-ring (bicyclic) bond motifs is 4. The van der Waals surface area contributed by atoms with Crippen LogP contribution in [0.5, 0.6) is 5.75 Å². The first-order chi connectivity index (χ1) is 62.2. The van der Waals surface area contributed by atoms with Crippen molar-refractivity contribution in [1.82, 2.24) is 81.9 Å². The van der Waals surface area contributed by atoms with Crippen molar-refractivity contribution in [2.75, 3.05) is 58.8 Å². The van der Waals surface area contributed by atoms with Crippen LogP contribution in [-0.4, -0.2) is 305 Å². The number of likely N-dealkylation sites (N-methyl/N-ethyl adjacent to an activating group) is 3. The van der Waals surface area contributed by atoms with Gasteiger partial charge < -0.3 is 120 Å². The minimum Gasteiger partial charge on any atom is -0.508 e. The minimum atomic E-state index is -1.86. The van der Waals surface area contributed by atoms with E-state index >= 15 is 33.6 Å². The molecule has 40 nitrogen and oxygen atoms in total. The number of carbonyl (C=O) groups is 17. The molecule has 3 fully saturated rings. The van der Waals surface area contributed by atoms with Crippen LogP contribution in [0.2, 0.25) is 0 Å². The summed E-state index contributed by atoms with van der Waals surface area (Å²) in [5.74, 6) is -17.7. The molecule has 3 aliphatic heterocycles. The Morgan fingerprint density at radius 2 is 1.07 bits per heavy atom. The first-order valence-electron chi connectivity index (χ1n) is 44.6. The van der Waals surface area contributed by atoms with E-state index in [2.05, 4.69) is 52.8 Å². The maximum Gasteiger partial charge on any atom is 0.323 e. The summed E-state index contributed by atoms with van der Waals surface area (Å²) in [6.45, 7) is 10.3. The Bertz CT molecular complexity index is 4910. The number of nitrogens with zero attached hydrogens (tertiary/aromatic N) is 6. The Morgan fingerprint density at radius 1 is 0.527 bits per heavy atom. The molecule has 20 N–H and O–H groups in total. The average Bonchev–Trinajstić information content (AvgIpc) is 1.63. The van der Waals surface area contributed by atoms with Crippen molar-refractivity contribution in [2.45, 2.75) is 255 Å². The number of carbonyl (C=O) groups excluding carboxylic acids is 15. The maximum atomic E-state index is 15.9. The molecule has 131 heavy (non-hydrogen) atoms. The summed E-state index contributed by atoms with van der Waals surface area (Å²) in [5.41, 5.74) is 20.4. The molecule has 0 spiro atoms. The Balaban J connectivity index is 1.20. The van der Waals surface area contributed by atoms with Crippen LogP contribution in [-0.2, 0) is 107 Å². The molecular weight excluding hydrogens is 1720 g/mol. The third-order valence-electron chi connectivity index (χ3n) is 23.9. The first kappa shape index (κ1) is 104. The van der Waals surface area contributed by atoms with Gasteiger partial charge in [0.1, 0.15) is 96.9 Å². The highest BCUT2D eigenvalue weighted by atomic mass is 32.2. The Labute approximate surface area is 764 Å². The molecule has 0 saturated carbocycles. The number of aliphatic carboxylic acids is 2. The summed E-state index contributed by atoms with van der Waals surface area (Å²) in [4.78, 5) is 257. The van der Waals surface area contributed by atoms with E-state index in [1.54, 1.807) is 82.4 Å². The normalized spacial score (nSPS) is 25.3. The number of aromatic nitrogens is 2. The molecule has 0 aliphatic carbocycles. The van der Waals surface area contributed by atoms with Crippen molar-refractivity contribution in [2.24, 2.45) is 29.0 Å². The van der Waals surface area contributed by atoms with Crippen molar-refractivity contribution in [3.8, 4) is 5.75 Å². The smallest absolute Gasteiger partial charge is 0.323 e. The number of primary amides is 1. The summed E-state index contributed by atoms with van der Waals surface area (Å²) in [5, 5.41) is 67.2. The number of para-hydroxylation sites is 2. The van der Waals surface area contributed by atoms with Gasteiger partial charge >= 0.3 is 11.9 Å². The van der Waals surface area contributed by atoms with E-state index in [-0.39, 0.29) is 94.2 Å². The van der Waals surface area contributed by atoms with E-state index in [4.69, 9.17) is 17.2 Å². The van der Waals surface area contributed by atoms with Crippen LogP contribution in [0.4, 0.5) is 0 Å². The second-order valence-electron chi connectivity index (χ2n) is 34.8. The van der Waals surface area contributed by atoms with Crippen LogP contribution in [0.3, 0.4) is 0 Å². The molecule has 8 rings (SSSR count). The monoisotopic (exact) mass is 1840 g/mol. The zero-order chi connectivity index (χ0) is 96.4. The fraction of sp³-hybridized carbons (Fsp3) is 0.567. The van der Waals surface area contributed by atoms with E-state index in [1.807, 2.05) is 13.8 Å². The highest BCUT2D eigenvalue weighted by Crippen LogP contribution is 2.29. The van der Waals surface area contributed by atoms with Gasteiger partial charge in [-0.15, -0.1) is 11.8 Å². The minimum absolute atomic E-state index is 0.00585. The quantitative estimate of drug-likeness (QED) is 0.0355. The van der Waals surface area contributed by atoms with E-state index in [9.17, 15) is 68.4 Å². The van der Waals surface area contributed by atoms with E-state index in [0.717, 1.165) is 31.4 Å². The predicted octanol–water partition coefficient (Wildman–Crippen LogP) is -0.365. The fourth-order valence-corrected chi connectivity index (χ4v) is 17.5. The van der Waals surface area contributed by atoms with Crippen molar-refractivity contribution >= 4 is 134 Å². The number of aliphatic hydroxyl groups excluding tert-OH is 1. The van der Waals surface area contributed by atoms with E-state index in [1.165, 1.54) is 68.0 Å². The molecule has 15 amide bonds. The SMILES string of the molecule is CCCC[C@H]1C(=O)N(C)[C@@H](CCCC)C(=O)N[C@@H](CC(C)C)C(=O)N[C@H](C(N)=O)CSCC(=O)N[C@@H](Cc2ccc(O)cc2)C(=O)N(C)[C@@H](C)C(=O)N[C@@H](CCN)C(=O)N2CCC[C@H]2C(=O)N[C@@H](CN)C(=O)N[C@@H](CC(C)C)C(=O)N2C[C@H](O)C[C@H]2C(=O)N[C@@H](Cc2c[nH]c3ccccc23)C(=O)N[C@@H](CCC(=O)O)C(=O)N[C@@H](Cc2cn(CC(=O)O)c3ccccc23)C(=O)N1C. The molecule has 3 saturated heterocycles. The Morgan fingerprint density at radius 3 is 1.71 bits per heavy atom. The Hall–Kier alpha value is -12.2. The highest BCUT2D eigenvalue weighted by molar-refractivity contribution is 8.00. The maximum absolute atomic E-state index is 15.9. The number of carboxylic acids is 2. The number of aromatic hydroxyl groups is 1. The summed E-state index contributed by atoms with van der Waals surface area (Å²) < 4.78 is 1.41. The third kappa shape index (κ3) is 28.6. The lowest BCUT2D eigenvalue weighted by molar-refractivity contribution is -0.149. The number of nitrogens with two attached hydrogens (primary N) is 3. The van der Waals surface area contributed by atoms with E-state index in [0.29, 0.717) is 64.2 Å². The third-order valence-corrected chi connectivity index (χ3v) is 24.9. The molecule has 0 bridgehead atoms. The summed E-state index contributed by atoms with van der Waals surface area (Å²) >= 11 is 0.840. The van der Waals surface area contributed by atoms with Gasteiger partial charge in [-0.3, -0.25) is 81.5 Å². The predicted molar refractivity (Wildman–Crippen MR) is 485 cm³/mol. The van der Waals surface area contributed by atoms with Gasteiger partial charge in [0.25, 0.3) is 0 Å². The molecule has 3 aromatic carbocycles. The number of phenolic OH excluding ortho intramolecular Hbond substituents is 1. The number of carboxylic acid groups (broad SMARTS) is 2. The van der Waals surface area contributed by atoms with Crippen LogP contribution in [0.15, 0.2) is 85.2 Å². The molecule has 3 aliphatic rings. The number of aliphatic hydroxyl groups is 1. The van der Waals surface area contributed by atoms with E-state index < -0.39 is 242 Å². The molecule has 41 heteroatoms. The second-order valence-corrected chi connectivity index (χ2v) is 35.8. The van der Waals surface area contributed by atoms with Gasteiger partial charge in [-0.25, -0.2) is 0 Å². The molecule has 0 radical (unpaired) electrons. The number of hydrogen-bond acceptors (Lipinski definition) is 22. The lowest BCUT2D eigenvalue weighted by atomic mass is 9.99. The van der Waals surface area contributed by atoms with Crippen molar-refractivity contribution in [3.05, 3.63) is 102 Å². The number of aromatic amines is 1. The van der Waals surface area contributed by atoms with Gasteiger partial charge in [-0.2, -0.15) is 0 Å². The molecule has 15 atom stereocenters. The van der Waals surface area contributed by atoms with Crippen molar-refractivity contribution in [3.63, 3.8) is 0 Å². The first-order valence-corrected chi connectivity index (χ1v) is 45.8. The molecule has 5 heterocycles. The lowest BCUT2D eigenvalue weighted by Gasteiger charge is -2.36. The highest BCUT2D eigenvalue weighted by Gasteiger charge is 2.47. The van der Waals surface area contributed by atoms with Gasteiger partial charge in [0, 0.05) is 113 Å². The molecule has 0 unspecified atom stereocenters. The zero-order valence-electron chi connectivity index (χ0n) is 75.9. The van der Waals surface area contributed by atoms with Gasteiger partial charge in [0.2, 0.25) is 88.6 Å². The number of unbranched alkanes of at least 4 members (excludes halogenated alkanes) is 2. The number of thioether (sulfide) groups is 1. The second kappa shape index (κ2) is 49.1. The van der Waals surface area contributed by atoms with Crippen LogP contribution in [0, 0.1) is 11.8 Å². The fourth-order valence-electron chi connectivity index (χ4n) is 16.6. The van der Waals surface area contributed by atoms with Crippen LogP contribution >= 0.6 is 11.8 Å². The van der Waals surface area contributed by atoms with Crippen molar-refractivity contribution < 1.29 is 102 Å². The molecule has 5 aromatic rings. The van der Waals surface area contributed by atoms with Gasteiger partial charge in [-0.05, 0) is 118 Å². The lowest BCUT2D eigenvalue weighted by Crippen LogP contribution is -2.61. The summed E-state index contributed by atoms with van der Waals surface area (Å²) in [7, 11) is 3.95. The molecule has 716 valence electrons. The summed E-state index contributed by atoms with van der Waals surface area (Å²) in [6.07, 6.45) is 0.541. The summed E-state index contributed by atoms with van der Waals surface area (Å²) in [6, 6.07) is -1.70. The standard InChI is InChI=1S/C90H129N19O21S/c1-11-13-23-70-83(123)98-62(36-49(3)4)80(120)103-68(77(93)117)47-131-48-74(112)95-65(38-52-27-29-55(110)30-28-52)86(126)104(8)51(7)78(118)97-61(33-34-91)88(128)108-35-19-26-71(108)84(124)102-67(42-92)82(122)100-64(37-50(5)6)89(129)109-45-56(111)41-73(109)85(125)99-63(39-53-43-94-59-22-17-15-20-57(53)59)81(121)96-60(31-32-75(113)114)79(119)101-66(87(127)106(10)72(24-14-12-2)90(130)105(70)9)40-54-44-107(46-76(115)116)69-25-18-16-21-58(54)69/h15-18,20-22,25,27-30,43-44,49-51,56,60-68,70-73,94,110-111H,11-14,19,23-24,26,31-42,45-48,91-92H2,1-10H3,(H2,93,117)(H,95,112)(H,96,121)(H,97,118)(H,98,123)(H,99,125)(H,100,122)(H,101,119)(H,102,124)(H,103,120)(H,113,114)(H,115,116)/t51-,56+,60-,61-,62-,63-,64-,65-,66-,67-,68-,70-,71-,72-,73-/m0/s1. The number of hydrogen-bond donors (Lipinski definition) is 17. The zero-order valence-corrected chi connectivity index (χ0v) is 76.7. The number of benzene rings is 3. The number of rotatable bonds is 25. The largest absolute Gasteiger partial charge is 0.508 e. The van der Waals surface area contributed by atoms with Gasteiger partial charge in [0.05, 0.1) is 11.9 Å². The number of phenols is 1. The topological polar surface area (TPSA) is 594 Å².